The first-order valence-corrected chi connectivity index (χ1v) is 9.79. The maximum Gasteiger partial charge on any atom is 0.386 e. The van der Waals surface area contributed by atoms with Crippen molar-refractivity contribution < 1.29 is 32.1 Å². The zero-order chi connectivity index (χ0) is 19.2. The SMILES string of the molecule is C=CCC(F)(F)P(=O)(N[C@@H](C)C(=O)O[C@@H]1CCOC1)Oc1ccccc1. The van der Waals surface area contributed by atoms with Gasteiger partial charge < -0.3 is 14.0 Å². The number of hydrogen-bond acceptors (Lipinski definition) is 5. The lowest BCUT2D eigenvalue weighted by Crippen LogP contribution is -2.40. The number of benzene rings is 1. The van der Waals surface area contributed by atoms with Crippen molar-refractivity contribution in [2.24, 2.45) is 0 Å². The lowest BCUT2D eigenvalue weighted by molar-refractivity contribution is -0.150. The number of rotatable bonds is 9. The number of halogens is 2. The Morgan fingerprint density at radius 2 is 2.19 bits per heavy atom. The van der Waals surface area contributed by atoms with E-state index < -0.39 is 37.7 Å². The fraction of sp³-hybridized carbons (Fsp3) is 0.471. The van der Waals surface area contributed by atoms with Crippen LogP contribution in [0.5, 0.6) is 5.75 Å². The van der Waals surface area contributed by atoms with Gasteiger partial charge in [0.1, 0.15) is 17.9 Å². The minimum atomic E-state index is -4.80. The molecule has 144 valence electrons. The molecule has 0 radical (unpaired) electrons. The van der Waals surface area contributed by atoms with Gasteiger partial charge in [0, 0.05) is 12.8 Å². The Hall–Kier alpha value is -1.76. The van der Waals surface area contributed by atoms with Gasteiger partial charge in [-0.15, -0.1) is 6.58 Å². The normalized spacial score (nSPS) is 20.8. The highest BCUT2D eigenvalue weighted by molar-refractivity contribution is 7.58. The molecule has 0 amide bonds. The van der Waals surface area contributed by atoms with Gasteiger partial charge in [0.05, 0.1) is 13.2 Å². The first-order valence-electron chi connectivity index (χ1n) is 8.17. The van der Waals surface area contributed by atoms with E-state index in [1.54, 1.807) is 18.2 Å². The fourth-order valence-electron chi connectivity index (χ4n) is 2.29. The van der Waals surface area contributed by atoms with E-state index in [4.69, 9.17) is 14.0 Å². The lowest BCUT2D eigenvalue weighted by atomic mass is 10.3. The molecule has 26 heavy (non-hydrogen) atoms. The Balaban J connectivity index is 2.15. The first-order chi connectivity index (χ1) is 12.3. The van der Waals surface area contributed by atoms with Gasteiger partial charge in [0.25, 0.3) is 0 Å². The van der Waals surface area contributed by atoms with Gasteiger partial charge in [-0.1, -0.05) is 24.3 Å². The molecule has 1 fully saturated rings. The third kappa shape index (κ3) is 5.13. The van der Waals surface area contributed by atoms with E-state index in [9.17, 15) is 18.1 Å². The van der Waals surface area contributed by atoms with Crippen LogP contribution in [0.1, 0.15) is 19.8 Å². The zero-order valence-corrected chi connectivity index (χ0v) is 15.3. The van der Waals surface area contributed by atoms with Crippen molar-refractivity contribution in [3.05, 3.63) is 43.0 Å². The van der Waals surface area contributed by atoms with E-state index in [0.717, 1.165) is 6.08 Å². The van der Waals surface area contributed by atoms with Crippen LogP contribution in [0.25, 0.3) is 0 Å². The summed E-state index contributed by atoms with van der Waals surface area (Å²) in [5, 5.41) is 2.16. The molecular weight excluding hydrogens is 367 g/mol. The molecule has 0 spiro atoms. The molecule has 6 nitrogen and oxygen atoms in total. The van der Waals surface area contributed by atoms with Crippen molar-refractivity contribution in [3.8, 4) is 5.75 Å². The summed E-state index contributed by atoms with van der Waals surface area (Å²) in [7, 11) is -4.80. The van der Waals surface area contributed by atoms with Crippen molar-refractivity contribution in [1.82, 2.24) is 5.09 Å². The van der Waals surface area contributed by atoms with Crippen LogP contribution in [0, 0.1) is 0 Å². The Labute approximate surface area is 151 Å². The number of alkyl halides is 2. The average Bonchev–Trinajstić information content (AvgIpc) is 3.08. The van der Waals surface area contributed by atoms with Crippen molar-refractivity contribution >= 4 is 13.5 Å². The lowest BCUT2D eigenvalue weighted by Gasteiger charge is -2.29. The average molecular weight is 389 g/mol. The Morgan fingerprint density at radius 1 is 1.50 bits per heavy atom. The molecule has 0 aromatic heterocycles. The molecular formula is C17H22F2NO5P. The largest absolute Gasteiger partial charge is 0.459 e. The van der Waals surface area contributed by atoms with Crippen LogP contribution in [0.4, 0.5) is 8.78 Å². The van der Waals surface area contributed by atoms with Crippen molar-refractivity contribution in [2.75, 3.05) is 13.2 Å². The number of para-hydroxylation sites is 1. The minimum absolute atomic E-state index is 0.00293. The third-order valence-electron chi connectivity index (χ3n) is 3.69. The van der Waals surface area contributed by atoms with Gasteiger partial charge in [-0.3, -0.25) is 9.36 Å². The van der Waals surface area contributed by atoms with Crippen LogP contribution in [0.3, 0.4) is 0 Å². The van der Waals surface area contributed by atoms with Gasteiger partial charge in [0.2, 0.25) is 0 Å². The molecule has 1 N–H and O–H groups in total. The predicted octanol–water partition coefficient (Wildman–Crippen LogP) is 3.74. The summed E-state index contributed by atoms with van der Waals surface area (Å²) in [6, 6.07) is 6.32. The molecule has 3 atom stereocenters. The number of nitrogens with one attached hydrogen (secondary N) is 1. The summed E-state index contributed by atoms with van der Waals surface area (Å²) in [5.74, 6) is -0.802. The summed E-state index contributed by atoms with van der Waals surface area (Å²) >= 11 is 0. The van der Waals surface area contributed by atoms with Crippen LogP contribution in [0.15, 0.2) is 43.0 Å². The smallest absolute Gasteiger partial charge is 0.386 e. The second-order valence-electron chi connectivity index (χ2n) is 5.89. The molecule has 0 saturated carbocycles. The number of carbonyl (C=O) groups is 1. The highest BCUT2D eigenvalue weighted by Gasteiger charge is 2.53. The molecule has 1 aromatic carbocycles. The van der Waals surface area contributed by atoms with E-state index in [1.165, 1.54) is 19.1 Å². The van der Waals surface area contributed by atoms with Crippen LogP contribution in [0.2, 0.25) is 0 Å². The number of carbonyl (C=O) groups excluding carboxylic acids is 1. The Kier molecular flexibility index (Phi) is 6.92. The van der Waals surface area contributed by atoms with Crippen LogP contribution < -0.4 is 9.61 Å². The number of esters is 1. The summed E-state index contributed by atoms with van der Waals surface area (Å²) in [4.78, 5) is 12.1. The predicted molar refractivity (Wildman–Crippen MR) is 92.4 cm³/mol. The standard InChI is InChI=1S/C17H22F2NO5P/c1-3-10-17(18,19)26(22,25-14-7-5-4-6-8-14)20-13(2)16(21)24-15-9-11-23-12-15/h3-8,13,15H,1,9-12H2,2H3,(H,20,22)/t13-,15+,26?/m0/s1. The van der Waals surface area contributed by atoms with Gasteiger partial charge in [0.15, 0.2) is 0 Å². The summed E-state index contributed by atoms with van der Waals surface area (Å²) < 4.78 is 57.4. The zero-order valence-electron chi connectivity index (χ0n) is 14.4. The summed E-state index contributed by atoms with van der Waals surface area (Å²) in [6.45, 7) is 5.27. The number of ether oxygens (including phenoxy) is 2. The Bertz CT molecular complexity index is 664. The van der Waals surface area contributed by atoms with Gasteiger partial charge in [-0.05, 0) is 19.1 Å². The van der Waals surface area contributed by atoms with E-state index in [1.807, 2.05) is 0 Å². The highest BCUT2D eigenvalue weighted by Crippen LogP contribution is 2.59. The maximum absolute atomic E-state index is 14.5. The summed E-state index contributed by atoms with van der Waals surface area (Å²) in [6.07, 6.45) is 0.169. The Morgan fingerprint density at radius 3 is 2.77 bits per heavy atom. The quantitative estimate of drug-likeness (QED) is 0.394. The molecule has 1 heterocycles. The van der Waals surface area contributed by atoms with Crippen molar-refractivity contribution in [2.45, 2.75) is 37.6 Å². The maximum atomic E-state index is 14.5. The van der Waals surface area contributed by atoms with E-state index in [2.05, 4.69) is 11.7 Å². The third-order valence-corrected chi connectivity index (χ3v) is 5.92. The molecule has 0 bridgehead atoms. The number of hydrogen-bond donors (Lipinski definition) is 1. The monoisotopic (exact) mass is 389 g/mol. The van der Waals surface area contributed by atoms with Crippen molar-refractivity contribution in [3.63, 3.8) is 0 Å². The minimum Gasteiger partial charge on any atom is -0.459 e. The molecule has 1 aliphatic rings. The first kappa shape index (κ1) is 20.6. The van der Waals surface area contributed by atoms with E-state index in [-0.39, 0.29) is 12.4 Å². The topological polar surface area (TPSA) is 73.9 Å². The molecule has 0 aliphatic carbocycles. The molecule has 1 unspecified atom stereocenters. The molecule has 9 heteroatoms. The van der Waals surface area contributed by atoms with Crippen LogP contribution in [-0.2, 0) is 18.8 Å². The highest BCUT2D eigenvalue weighted by atomic mass is 31.2. The second-order valence-corrected chi connectivity index (χ2v) is 8.09. The van der Waals surface area contributed by atoms with Gasteiger partial charge in [-0.25, -0.2) is 5.09 Å². The van der Waals surface area contributed by atoms with E-state index in [0.29, 0.717) is 13.0 Å². The van der Waals surface area contributed by atoms with E-state index >= 15 is 0 Å². The molecule has 1 saturated heterocycles. The van der Waals surface area contributed by atoms with Gasteiger partial charge in [-0.2, -0.15) is 8.78 Å². The van der Waals surface area contributed by atoms with Crippen LogP contribution in [-0.4, -0.2) is 37.0 Å². The fourth-order valence-corrected chi connectivity index (χ4v) is 4.07. The summed E-state index contributed by atoms with van der Waals surface area (Å²) in [5.41, 5.74) is -3.75. The van der Waals surface area contributed by atoms with Gasteiger partial charge >= 0.3 is 19.2 Å². The molecule has 1 aromatic rings. The molecule has 1 aliphatic heterocycles. The second kappa shape index (κ2) is 8.75. The number of allylic oxidation sites excluding steroid dienone is 1. The van der Waals surface area contributed by atoms with Crippen LogP contribution >= 0.6 is 7.52 Å². The van der Waals surface area contributed by atoms with Crippen molar-refractivity contribution in [1.29, 1.82) is 0 Å². The molecule has 2 rings (SSSR count).